The normalized spacial score (nSPS) is 27.5. The SMILES string of the molecule is O=C(c1cc(F)ccc1-c1ncco1)N1CC2CC23CC(Nc2cnc(C(F)(F)F)cn2)C13. The van der Waals surface area contributed by atoms with Gasteiger partial charge in [-0.15, -0.1) is 0 Å². The maximum absolute atomic E-state index is 14.1. The lowest BCUT2D eigenvalue weighted by molar-refractivity contribution is -0.141. The summed E-state index contributed by atoms with van der Waals surface area (Å²) in [7, 11) is 0. The van der Waals surface area contributed by atoms with Crippen LogP contribution in [0.3, 0.4) is 0 Å². The predicted octanol–water partition coefficient (Wildman–Crippen LogP) is 4.00. The second-order valence-electron chi connectivity index (χ2n) is 8.80. The summed E-state index contributed by atoms with van der Waals surface area (Å²) in [6.45, 7) is 0.544. The van der Waals surface area contributed by atoms with Crippen LogP contribution >= 0.6 is 0 Å². The number of hydrogen-bond donors (Lipinski definition) is 1. The van der Waals surface area contributed by atoms with Crippen LogP contribution in [0.15, 0.2) is 47.5 Å². The zero-order chi connectivity index (χ0) is 23.0. The molecule has 6 rings (SSSR count). The maximum Gasteiger partial charge on any atom is 0.434 e. The fourth-order valence-corrected chi connectivity index (χ4v) is 5.49. The van der Waals surface area contributed by atoms with Crippen molar-refractivity contribution in [1.82, 2.24) is 19.9 Å². The molecule has 1 amide bonds. The topological polar surface area (TPSA) is 84.2 Å². The minimum atomic E-state index is -4.56. The fourth-order valence-electron chi connectivity index (χ4n) is 5.49. The Morgan fingerprint density at radius 2 is 2.03 bits per heavy atom. The first-order valence-corrected chi connectivity index (χ1v) is 10.4. The third-order valence-electron chi connectivity index (χ3n) is 7.01. The summed E-state index contributed by atoms with van der Waals surface area (Å²) >= 11 is 0. The Hall–Kier alpha value is -3.50. The lowest BCUT2D eigenvalue weighted by Crippen LogP contribution is -2.60. The summed E-state index contributed by atoms with van der Waals surface area (Å²) in [5, 5.41) is 3.13. The Bertz CT molecular complexity index is 1230. The van der Waals surface area contributed by atoms with Crippen LogP contribution in [0.4, 0.5) is 23.4 Å². The van der Waals surface area contributed by atoms with Gasteiger partial charge in [0, 0.05) is 12.6 Å². The van der Waals surface area contributed by atoms with Crippen molar-refractivity contribution in [1.29, 1.82) is 0 Å². The van der Waals surface area contributed by atoms with Crippen molar-refractivity contribution in [2.45, 2.75) is 31.1 Å². The molecule has 3 fully saturated rings. The summed E-state index contributed by atoms with van der Waals surface area (Å²) in [6.07, 6.45) is 1.77. The van der Waals surface area contributed by atoms with Crippen molar-refractivity contribution in [2.24, 2.45) is 11.3 Å². The quantitative estimate of drug-likeness (QED) is 0.594. The molecule has 11 heteroatoms. The highest BCUT2D eigenvalue weighted by Gasteiger charge is 2.75. The Kier molecular flexibility index (Phi) is 4.12. The fraction of sp³-hybridized carbons (Fsp3) is 0.364. The molecule has 7 nitrogen and oxygen atoms in total. The highest BCUT2D eigenvalue weighted by Crippen LogP contribution is 2.71. The number of anilines is 1. The Morgan fingerprint density at radius 3 is 2.73 bits per heavy atom. The summed E-state index contributed by atoms with van der Waals surface area (Å²) < 4.78 is 57.6. The van der Waals surface area contributed by atoms with Crippen LogP contribution in [-0.4, -0.2) is 44.4 Å². The number of amides is 1. The number of halogens is 4. The van der Waals surface area contributed by atoms with E-state index in [0.29, 0.717) is 24.2 Å². The lowest BCUT2D eigenvalue weighted by atomic mass is 9.71. The number of carbonyl (C=O) groups excluding carboxylic acids is 1. The van der Waals surface area contributed by atoms with E-state index in [9.17, 15) is 22.4 Å². The van der Waals surface area contributed by atoms with Gasteiger partial charge in [-0.1, -0.05) is 0 Å². The average molecular weight is 459 g/mol. The van der Waals surface area contributed by atoms with Crippen LogP contribution in [0, 0.1) is 17.2 Å². The third kappa shape index (κ3) is 3.09. The number of piperidine rings is 1. The standard InChI is InChI=1S/C22H17F4N5O2/c23-12-1-2-13(19-27-3-4-33-19)14(5-12)20(32)31-10-11-6-21(11)7-15(18(21)31)30-17-9-28-16(8-29-17)22(24,25)26/h1-5,8-9,11,15,18H,6-7,10H2,(H,29,30). The first-order valence-electron chi connectivity index (χ1n) is 10.4. The lowest BCUT2D eigenvalue weighted by Gasteiger charge is -2.48. The number of nitrogens with one attached hydrogen (secondary N) is 1. The molecule has 1 N–H and O–H groups in total. The van der Waals surface area contributed by atoms with E-state index in [4.69, 9.17) is 4.42 Å². The monoisotopic (exact) mass is 459 g/mol. The van der Waals surface area contributed by atoms with Crippen molar-refractivity contribution in [3.63, 3.8) is 0 Å². The summed E-state index contributed by atoms with van der Waals surface area (Å²) in [6, 6.07) is 3.54. The molecule has 0 radical (unpaired) electrons. The summed E-state index contributed by atoms with van der Waals surface area (Å²) in [5.41, 5.74) is -0.501. The molecular formula is C22H17F4N5O2. The van der Waals surface area contributed by atoms with Gasteiger partial charge in [-0.3, -0.25) is 4.79 Å². The molecule has 2 saturated carbocycles. The van der Waals surface area contributed by atoms with Gasteiger partial charge in [-0.25, -0.2) is 19.3 Å². The molecule has 3 aliphatic rings. The van der Waals surface area contributed by atoms with Crippen molar-refractivity contribution in [2.75, 3.05) is 11.9 Å². The van der Waals surface area contributed by atoms with E-state index < -0.39 is 17.7 Å². The van der Waals surface area contributed by atoms with Crippen LogP contribution in [0.2, 0.25) is 0 Å². The summed E-state index contributed by atoms with van der Waals surface area (Å²) in [4.78, 5) is 26.6. The third-order valence-corrected chi connectivity index (χ3v) is 7.01. The molecule has 170 valence electrons. The van der Waals surface area contributed by atoms with Crippen molar-refractivity contribution in [3.05, 3.63) is 60.1 Å². The second-order valence-corrected chi connectivity index (χ2v) is 8.80. The molecule has 2 aliphatic carbocycles. The van der Waals surface area contributed by atoms with Gasteiger partial charge < -0.3 is 14.6 Å². The van der Waals surface area contributed by atoms with E-state index in [1.165, 1.54) is 30.7 Å². The van der Waals surface area contributed by atoms with Crippen molar-refractivity contribution >= 4 is 11.7 Å². The molecule has 2 aromatic heterocycles. The zero-order valence-corrected chi connectivity index (χ0v) is 17.0. The number of likely N-dealkylation sites (tertiary alicyclic amines) is 1. The molecule has 1 spiro atoms. The van der Waals surface area contributed by atoms with E-state index in [2.05, 4.69) is 20.3 Å². The number of hydrogen-bond acceptors (Lipinski definition) is 6. The molecule has 4 atom stereocenters. The van der Waals surface area contributed by atoms with E-state index in [1.807, 2.05) is 0 Å². The number of rotatable bonds is 4. The number of oxazole rings is 1. The maximum atomic E-state index is 14.1. The van der Waals surface area contributed by atoms with E-state index in [-0.39, 0.29) is 40.7 Å². The van der Waals surface area contributed by atoms with Crippen molar-refractivity contribution < 1.29 is 26.8 Å². The smallest absolute Gasteiger partial charge is 0.434 e. The number of benzene rings is 1. The first-order chi connectivity index (χ1) is 15.8. The van der Waals surface area contributed by atoms with E-state index in [1.54, 1.807) is 4.90 Å². The van der Waals surface area contributed by atoms with Gasteiger partial charge in [-0.05, 0) is 42.4 Å². The largest absolute Gasteiger partial charge is 0.445 e. The van der Waals surface area contributed by atoms with Crippen LogP contribution in [0.25, 0.3) is 11.5 Å². The highest BCUT2D eigenvalue weighted by molar-refractivity contribution is 6.00. The molecule has 1 aromatic carbocycles. The van der Waals surface area contributed by atoms with E-state index in [0.717, 1.165) is 19.0 Å². The van der Waals surface area contributed by atoms with Crippen molar-refractivity contribution in [3.8, 4) is 11.5 Å². The highest BCUT2D eigenvalue weighted by atomic mass is 19.4. The number of nitrogens with zero attached hydrogens (tertiary/aromatic N) is 4. The second kappa shape index (κ2) is 6.75. The molecular weight excluding hydrogens is 442 g/mol. The van der Waals surface area contributed by atoms with Gasteiger partial charge in [0.05, 0.1) is 35.8 Å². The van der Waals surface area contributed by atoms with Gasteiger partial charge in [0.2, 0.25) is 5.89 Å². The first kappa shape index (κ1) is 20.1. The molecule has 0 bridgehead atoms. The number of aromatic nitrogens is 3. The Morgan fingerprint density at radius 1 is 1.18 bits per heavy atom. The zero-order valence-electron chi connectivity index (χ0n) is 17.0. The van der Waals surface area contributed by atoms with Gasteiger partial charge in [0.15, 0.2) is 5.69 Å². The van der Waals surface area contributed by atoms with Gasteiger partial charge in [0.25, 0.3) is 5.91 Å². The molecule has 1 saturated heterocycles. The molecule has 3 heterocycles. The molecule has 1 aliphatic heterocycles. The van der Waals surface area contributed by atoms with Crippen LogP contribution in [0.5, 0.6) is 0 Å². The molecule has 33 heavy (non-hydrogen) atoms. The van der Waals surface area contributed by atoms with Crippen LogP contribution < -0.4 is 5.32 Å². The van der Waals surface area contributed by atoms with Gasteiger partial charge >= 0.3 is 6.18 Å². The predicted molar refractivity (Wildman–Crippen MR) is 106 cm³/mol. The number of alkyl halides is 3. The van der Waals surface area contributed by atoms with Crippen LogP contribution in [-0.2, 0) is 6.18 Å². The van der Waals surface area contributed by atoms with Gasteiger partial charge in [-0.2, -0.15) is 13.2 Å². The minimum Gasteiger partial charge on any atom is -0.445 e. The minimum absolute atomic E-state index is 0.00306. The summed E-state index contributed by atoms with van der Waals surface area (Å²) in [5.74, 6) is -0.0754. The molecule has 4 unspecified atom stereocenters. The Balaban J connectivity index is 1.26. The van der Waals surface area contributed by atoms with Gasteiger partial charge in [0.1, 0.15) is 17.9 Å². The average Bonchev–Trinajstić information content (AvgIpc) is 3.14. The Labute approximate surface area is 184 Å². The number of carbonyl (C=O) groups is 1. The van der Waals surface area contributed by atoms with E-state index >= 15 is 0 Å². The van der Waals surface area contributed by atoms with Crippen LogP contribution in [0.1, 0.15) is 28.9 Å². The molecule has 3 aromatic rings.